The summed E-state index contributed by atoms with van der Waals surface area (Å²) in [5.41, 5.74) is 3.64. The Morgan fingerprint density at radius 2 is 2.06 bits per heavy atom. The number of urea groups is 1. The first kappa shape index (κ1) is 22.4. The minimum Gasteiger partial charge on any atom is -0.361 e. The average molecular weight is 451 g/mol. The first-order valence-corrected chi connectivity index (χ1v) is 10.9. The molecule has 0 fully saturated rings. The van der Waals surface area contributed by atoms with Crippen molar-refractivity contribution in [1.82, 2.24) is 24.8 Å². The standard InChI is InChI=1S/C24H27FN6O2/c1-16-21-13-19(15-26-23(21)31(3)28-16)27-24(32)30(2)11-6-4-5-10-20-14-22(29-33-20)17-8-7-9-18(25)12-17/h7-9,12-15H,4-6,10-11H2,1-3H3,(H,27,32). The van der Waals surface area contributed by atoms with Crippen molar-refractivity contribution in [3.05, 3.63) is 59.9 Å². The molecule has 1 N–H and O–H groups in total. The molecular formula is C24H27FN6O2. The Bertz CT molecular complexity index is 1270. The number of hydrogen-bond acceptors (Lipinski definition) is 5. The summed E-state index contributed by atoms with van der Waals surface area (Å²) in [5, 5.41) is 12.2. The van der Waals surface area contributed by atoms with Crippen LogP contribution >= 0.6 is 0 Å². The van der Waals surface area contributed by atoms with E-state index in [-0.39, 0.29) is 11.8 Å². The van der Waals surface area contributed by atoms with Gasteiger partial charge in [0.05, 0.1) is 17.6 Å². The quantitative estimate of drug-likeness (QED) is 0.384. The number of carbonyl (C=O) groups is 1. The number of pyridine rings is 1. The molecule has 0 aliphatic heterocycles. The lowest BCUT2D eigenvalue weighted by atomic mass is 10.1. The molecule has 0 atom stereocenters. The van der Waals surface area contributed by atoms with Crippen molar-refractivity contribution in [2.45, 2.75) is 32.6 Å². The molecule has 0 radical (unpaired) electrons. The van der Waals surface area contributed by atoms with Gasteiger partial charge in [-0.3, -0.25) is 4.68 Å². The van der Waals surface area contributed by atoms with Gasteiger partial charge in [-0.25, -0.2) is 14.2 Å². The Kier molecular flexibility index (Phi) is 6.67. The van der Waals surface area contributed by atoms with Gasteiger partial charge in [-0.05, 0) is 38.0 Å². The third-order valence-electron chi connectivity index (χ3n) is 5.56. The third kappa shape index (κ3) is 5.36. The number of benzene rings is 1. The summed E-state index contributed by atoms with van der Waals surface area (Å²) in [6, 6.07) is 9.87. The van der Waals surface area contributed by atoms with E-state index in [1.807, 2.05) is 26.1 Å². The van der Waals surface area contributed by atoms with Crippen molar-refractivity contribution in [1.29, 1.82) is 0 Å². The number of nitrogens with zero attached hydrogens (tertiary/aromatic N) is 5. The smallest absolute Gasteiger partial charge is 0.321 e. The minimum atomic E-state index is -0.297. The Labute approximate surface area is 191 Å². The molecule has 33 heavy (non-hydrogen) atoms. The Morgan fingerprint density at radius 1 is 1.21 bits per heavy atom. The number of anilines is 1. The zero-order valence-electron chi connectivity index (χ0n) is 19.0. The van der Waals surface area contributed by atoms with Gasteiger partial charge in [-0.1, -0.05) is 23.7 Å². The van der Waals surface area contributed by atoms with E-state index in [9.17, 15) is 9.18 Å². The zero-order valence-corrected chi connectivity index (χ0v) is 19.0. The van der Waals surface area contributed by atoms with E-state index in [4.69, 9.17) is 4.52 Å². The number of rotatable bonds is 8. The molecular weight excluding hydrogens is 423 g/mol. The maximum Gasteiger partial charge on any atom is 0.321 e. The monoisotopic (exact) mass is 450 g/mol. The van der Waals surface area contributed by atoms with Crippen LogP contribution in [0.4, 0.5) is 14.9 Å². The average Bonchev–Trinajstić information content (AvgIpc) is 3.38. The summed E-state index contributed by atoms with van der Waals surface area (Å²) in [6.45, 7) is 2.56. The van der Waals surface area contributed by atoms with Crippen LogP contribution in [0.5, 0.6) is 0 Å². The van der Waals surface area contributed by atoms with Crippen LogP contribution in [0.3, 0.4) is 0 Å². The van der Waals surface area contributed by atoms with Crippen LogP contribution in [0.2, 0.25) is 0 Å². The van der Waals surface area contributed by atoms with Gasteiger partial charge in [0.15, 0.2) is 5.65 Å². The highest BCUT2D eigenvalue weighted by Gasteiger charge is 2.12. The van der Waals surface area contributed by atoms with Gasteiger partial charge < -0.3 is 14.7 Å². The van der Waals surface area contributed by atoms with Crippen molar-refractivity contribution in [3.8, 4) is 11.3 Å². The predicted molar refractivity (Wildman–Crippen MR) is 124 cm³/mol. The second kappa shape index (κ2) is 9.81. The minimum absolute atomic E-state index is 0.173. The second-order valence-corrected chi connectivity index (χ2v) is 8.16. The summed E-state index contributed by atoms with van der Waals surface area (Å²) < 4.78 is 20.5. The molecule has 8 nitrogen and oxygen atoms in total. The van der Waals surface area contributed by atoms with Gasteiger partial charge in [-0.2, -0.15) is 5.10 Å². The molecule has 3 heterocycles. The molecule has 9 heteroatoms. The van der Waals surface area contributed by atoms with Gasteiger partial charge in [-0.15, -0.1) is 0 Å². The predicted octanol–water partition coefficient (Wildman–Crippen LogP) is 4.95. The SMILES string of the molecule is Cc1nn(C)c2ncc(NC(=O)N(C)CCCCCc3cc(-c4cccc(F)c4)no3)cc12. The molecule has 0 saturated carbocycles. The van der Waals surface area contributed by atoms with Crippen molar-refractivity contribution in [2.24, 2.45) is 7.05 Å². The lowest BCUT2D eigenvalue weighted by molar-refractivity contribution is 0.221. The number of amides is 2. The number of hydrogen-bond donors (Lipinski definition) is 1. The maximum absolute atomic E-state index is 13.4. The van der Waals surface area contributed by atoms with Crippen molar-refractivity contribution >= 4 is 22.8 Å². The Balaban J connectivity index is 1.20. The third-order valence-corrected chi connectivity index (χ3v) is 5.56. The molecule has 4 aromatic rings. The van der Waals surface area contributed by atoms with Crippen molar-refractivity contribution in [3.63, 3.8) is 0 Å². The number of unbranched alkanes of at least 4 members (excludes halogenated alkanes) is 2. The van der Waals surface area contributed by atoms with Crippen LogP contribution in [0, 0.1) is 12.7 Å². The highest BCUT2D eigenvalue weighted by atomic mass is 19.1. The number of aromatic nitrogens is 4. The van der Waals surface area contributed by atoms with E-state index in [1.54, 1.807) is 35.0 Å². The summed E-state index contributed by atoms with van der Waals surface area (Å²) in [5.74, 6) is 0.475. The fourth-order valence-corrected chi connectivity index (χ4v) is 3.74. The van der Waals surface area contributed by atoms with Crippen LogP contribution in [-0.4, -0.2) is 44.4 Å². The Hall–Kier alpha value is -3.75. The molecule has 172 valence electrons. The summed E-state index contributed by atoms with van der Waals surface area (Å²) in [7, 11) is 3.62. The van der Waals surface area contributed by atoms with Crippen LogP contribution in [0.25, 0.3) is 22.3 Å². The summed E-state index contributed by atoms with van der Waals surface area (Å²) in [6.07, 6.45) is 5.11. The fourth-order valence-electron chi connectivity index (χ4n) is 3.74. The van der Waals surface area contributed by atoms with Crippen molar-refractivity contribution < 1.29 is 13.7 Å². The van der Waals surface area contributed by atoms with Crippen LogP contribution < -0.4 is 5.32 Å². The molecule has 4 rings (SSSR count). The molecule has 0 aliphatic rings. The lowest BCUT2D eigenvalue weighted by Crippen LogP contribution is -2.32. The number of carbonyl (C=O) groups excluding carboxylic acids is 1. The number of aryl methyl sites for hydroxylation is 3. The van der Waals surface area contributed by atoms with Crippen LogP contribution in [-0.2, 0) is 13.5 Å². The maximum atomic E-state index is 13.4. The largest absolute Gasteiger partial charge is 0.361 e. The molecule has 0 bridgehead atoms. The lowest BCUT2D eigenvalue weighted by Gasteiger charge is -2.17. The number of fused-ring (bicyclic) bond motifs is 1. The number of nitrogens with one attached hydrogen (secondary N) is 1. The fraction of sp³-hybridized carbons (Fsp3) is 0.333. The second-order valence-electron chi connectivity index (χ2n) is 8.16. The topological polar surface area (TPSA) is 89.1 Å². The summed E-state index contributed by atoms with van der Waals surface area (Å²) >= 11 is 0. The van der Waals surface area contributed by atoms with E-state index >= 15 is 0 Å². The molecule has 0 unspecified atom stereocenters. The first-order valence-electron chi connectivity index (χ1n) is 10.9. The number of halogens is 1. The van der Waals surface area contributed by atoms with E-state index in [1.165, 1.54) is 12.1 Å². The normalized spacial score (nSPS) is 11.2. The van der Waals surface area contributed by atoms with Gasteiger partial charge in [0.1, 0.15) is 17.3 Å². The molecule has 0 spiro atoms. The molecule has 2 amide bonds. The van der Waals surface area contributed by atoms with E-state index in [2.05, 4.69) is 20.6 Å². The van der Waals surface area contributed by atoms with Crippen LogP contribution in [0.15, 0.2) is 47.1 Å². The zero-order chi connectivity index (χ0) is 23.4. The highest BCUT2D eigenvalue weighted by molar-refractivity contribution is 5.91. The molecule has 0 aliphatic carbocycles. The highest BCUT2D eigenvalue weighted by Crippen LogP contribution is 2.21. The van der Waals surface area contributed by atoms with E-state index < -0.39 is 0 Å². The first-order chi connectivity index (χ1) is 15.9. The van der Waals surface area contributed by atoms with Gasteiger partial charge in [0, 0.05) is 44.1 Å². The van der Waals surface area contributed by atoms with Gasteiger partial charge >= 0.3 is 6.03 Å². The van der Waals surface area contributed by atoms with E-state index in [0.717, 1.165) is 48.2 Å². The molecule has 0 saturated heterocycles. The van der Waals surface area contributed by atoms with Gasteiger partial charge in [0.25, 0.3) is 0 Å². The molecule has 1 aromatic carbocycles. The van der Waals surface area contributed by atoms with Crippen LogP contribution in [0.1, 0.15) is 30.7 Å². The van der Waals surface area contributed by atoms with E-state index in [0.29, 0.717) is 23.5 Å². The molecule has 3 aromatic heterocycles. The van der Waals surface area contributed by atoms with Gasteiger partial charge in [0.2, 0.25) is 0 Å². The Morgan fingerprint density at radius 3 is 2.88 bits per heavy atom. The van der Waals surface area contributed by atoms with Crippen molar-refractivity contribution in [2.75, 3.05) is 18.9 Å². The summed E-state index contributed by atoms with van der Waals surface area (Å²) in [4.78, 5) is 18.6.